The molecule has 1 heterocycles. The smallest absolute Gasteiger partial charge is 0.302 e. The third-order valence-corrected chi connectivity index (χ3v) is 5.28. The average molecular weight is 399 g/mol. The van der Waals surface area contributed by atoms with Gasteiger partial charge >= 0.3 is 6.03 Å². The molecular weight excluding hydrogens is 384 g/mol. The van der Waals surface area contributed by atoms with Gasteiger partial charge in [0.2, 0.25) is 0 Å². The fraction of sp³-hybridized carbons (Fsp3) is 0. The first kappa shape index (κ1) is 17.5. The average Bonchev–Trinajstić information content (AvgIpc) is 3.01. The van der Waals surface area contributed by atoms with E-state index >= 15 is 0 Å². The van der Waals surface area contributed by atoms with Crippen molar-refractivity contribution in [3.63, 3.8) is 0 Å². The van der Waals surface area contributed by atoms with Gasteiger partial charge in [-0.3, -0.25) is 4.79 Å². The van der Waals surface area contributed by atoms with Crippen LogP contribution in [-0.2, 0) is 4.79 Å². The Balaban J connectivity index is 1.68. The van der Waals surface area contributed by atoms with E-state index < -0.39 is 11.9 Å². The minimum atomic E-state index is -0.493. The Morgan fingerprint density at radius 1 is 0.793 bits per heavy atom. The molecule has 29 heavy (non-hydrogen) atoms. The summed E-state index contributed by atoms with van der Waals surface area (Å²) in [6.07, 6.45) is 1.76. The Morgan fingerprint density at radius 2 is 1.45 bits per heavy atom. The van der Waals surface area contributed by atoms with Crippen LogP contribution in [0.2, 0.25) is 5.02 Å². The predicted octanol–water partition coefficient (Wildman–Crippen LogP) is 5.74. The Morgan fingerprint density at radius 3 is 2.10 bits per heavy atom. The summed E-state index contributed by atoms with van der Waals surface area (Å²) < 4.78 is 0. The normalized spacial score (nSPS) is 15.5. The summed E-state index contributed by atoms with van der Waals surface area (Å²) in [6, 6.07) is 24.3. The second-order valence-corrected chi connectivity index (χ2v) is 7.28. The lowest BCUT2D eigenvalue weighted by molar-refractivity contribution is -0.113. The molecule has 0 aromatic heterocycles. The number of amides is 3. The Bertz CT molecular complexity index is 1290. The lowest BCUT2D eigenvalue weighted by Gasteiger charge is -2.12. The molecule has 0 bridgehead atoms. The van der Waals surface area contributed by atoms with Crippen molar-refractivity contribution in [2.24, 2.45) is 0 Å². The number of hydrogen-bond acceptors (Lipinski definition) is 2. The van der Waals surface area contributed by atoms with Crippen molar-refractivity contribution in [3.05, 3.63) is 95.1 Å². The van der Waals surface area contributed by atoms with Crippen LogP contribution in [0.1, 0.15) is 5.56 Å². The van der Waals surface area contributed by atoms with E-state index in [1.807, 2.05) is 48.5 Å². The molecule has 0 saturated carbocycles. The maximum atomic E-state index is 13.0. The van der Waals surface area contributed by atoms with Gasteiger partial charge in [-0.15, -0.1) is 0 Å². The van der Waals surface area contributed by atoms with Gasteiger partial charge in [-0.05, 0) is 57.4 Å². The molecule has 1 N–H and O–H groups in total. The molecule has 0 atom stereocenters. The molecule has 5 heteroatoms. The summed E-state index contributed by atoms with van der Waals surface area (Å²) in [5.74, 6) is -0.408. The van der Waals surface area contributed by atoms with E-state index in [9.17, 15) is 9.59 Å². The number of nitrogens with one attached hydrogen (secondary N) is 1. The highest BCUT2D eigenvalue weighted by Crippen LogP contribution is 2.31. The van der Waals surface area contributed by atoms with Crippen molar-refractivity contribution in [2.45, 2.75) is 0 Å². The van der Waals surface area contributed by atoms with Crippen LogP contribution in [0.15, 0.2) is 84.6 Å². The molecule has 4 aromatic rings. The van der Waals surface area contributed by atoms with Crippen LogP contribution in [0.5, 0.6) is 0 Å². The SMILES string of the molecule is O=C1N/C(=C/c2c3ccccc3cc3ccccc23)C(=O)N1c1cccc(Cl)c1. The van der Waals surface area contributed by atoms with Gasteiger partial charge in [-0.25, -0.2) is 9.69 Å². The van der Waals surface area contributed by atoms with Gasteiger partial charge in [0.15, 0.2) is 0 Å². The summed E-state index contributed by atoms with van der Waals surface area (Å²) in [5, 5.41) is 7.34. The van der Waals surface area contributed by atoms with Crippen LogP contribution in [0.3, 0.4) is 0 Å². The number of hydrogen-bond donors (Lipinski definition) is 1. The van der Waals surface area contributed by atoms with Gasteiger partial charge in [0.1, 0.15) is 5.70 Å². The van der Waals surface area contributed by atoms with Gasteiger partial charge in [-0.2, -0.15) is 0 Å². The zero-order chi connectivity index (χ0) is 20.0. The highest BCUT2D eigenvalue weighted by molar-refractivity contribution is 6.32. The van der Waals surface area contributed by atoms with E-state index in [1.54, 1.807) is 30.3 Å². The largest absolute Gasteiger partial charge is 0.333 e. The number of nitrogens with zero attached hydrogens (tertiary/aromatic N) is 1. The Kier molecular flexibility index (Phi) is 4.07. The number of halogens is 1. The fourth-order valence-electron chi connectivity index (χ4n) is 3.73. The highest BCUT2D eigenvalue weighted by atomic mass is 35.5. The number of urea groups is 1. The summed E-state index contributed by atoms with van der Waals surface area (Å²) in [5.41, 5.74) is 1.57. The molecule has 4 nitrogen and oxygen atoms in total. The van der Waals surface area contributed by atoms with E-state index in [-0.39, 0.29) is 5.70 Å². The van der Waals surface area contributed by atoms with Gasteiger partial charge in [0.05, 0.1) is 5.69 Å². The van der Waals surface area contributed by atoms with E-state index in [2.05, 4.69) is 11.4 Å². The number of rotatable bonds is 2. The minimum Gasteiger partial charge on any atom is -0.302 e. The van der Waals surface area contributed by atoms with Crippen molar-refractivity contribution in [2.75, 3.05) is 4.90 Å². The first-order chi connectivity index (χ1) is 14.1. The third kappa shape index (κ3) is 2.94. The van der Waals surface area contributed by atoms with Crippen LogP contribution in [0.25, 0.3) is 27.6 Å². The van der Waals surface area contributed by atoms with Crippen molar-refractivity contribution < 1.29 is 9.59 Å². The summed E-state index contributed by atoms with van der Waals surface area (Å²) in [7, 11) is 0. The van der Waals surface area contributed by atoms with E-state index in [0.717, 1.165) is 32.0 Å². The number of benzene rings is 4. The molecule has 1 aliphatic rings. The highest BCUT2D eigenvalue weighted by Gasteiger charge is 2.35. The fourth-order valence-corrected chi connectivity index (χ4v) is 3.92. The molecule has 1 aliphatic heterocycles. The molecule has 140 valence electrons. The van der Waals surface area contributed by atoms with Gasteiger partial charge in [-0.1, -0.05) is 66.2 Å². The number of carbonyl (C=O) groups excluding carboxylic acids is 2. The third-order valence-electron chi connectivity index (χ3n) is 5.05. The molecule has 5 rings (SSSR count). The molecule has 1 fully saturated rings. The van der Waals surface area contributed by atoms with Crippen molar-refractivity contribution >= 4 is 56.8 Å². The first-order valence-electron chi connectivity index (χ1n) is 9.15. The lowest BCUT2D eigenvalue weighted by atomic mass is 9.96. The van der Waals surface area contributed by atoms with E-state index in [1.165, 1.54) is 0 Å². The molecule has 0 radical (unpaired) electrons. The first-order valence-corrected chi connectivity index (χ1v) is 9.53. The topological polar surface area (TPSA) is 49.4 Å². The molecular formula is C24H15ClN2O2. The van der Waals surface area contributed by atoms with Crippen LogP contribution in [0.4, 0.5) is 10.5 Å². The quantitative estimate of drug-likeness (QED) is 0.266. The van der Waals surface area contributed by atoms with Gasteiger partial charge in [0, 0.05) is 5.02 Å². The summed E-state index contributed by atoms with van der Waals surface area (Å²) in [4.78, 5) is 26.7. The summed E-state index contributed by atoms with van der Waals surface area (Å²) >= 11 is 6.03. The van der Waals surface area contributed by atoms with Crippen molar-refractivity contribution in [1.29, 1.82) is 0 Å². The second kappa shape index (κ2) is 6.76. The number of imide groups is 1. The van der Waals surface area contributed by atoms with Crippen LogP contribution in [0, 0.1) is 0 Å². The van der Waals surface area contributed by atoms with Crippen molar-refractivity contribution in [3.8, 4) is 0 Å². The zero-order valence-electron chi connectivity index (χ0n) is 15.2. The number of anilines is 1. The molecule has 0 aliphatic carbocycles. The van der Waals surface area contributed by atoms with Crippen LogP contribution < -0.4 is 10.2 Å². The maximum absolute atomic E-state index is 13.0. The van der Waals surface area contributed by atoms with E-state index in [4.69, 9.17) is 11.6 Å². The van der Waals surface area contributed by atoms with Crippen LogP contribution in [-0.4, -0.2) is 11.9 Å². The molecule has 1 saturated heterocycles. The van der Waals surface area contributed by atoms with Crippen molar-refractivity contribution in [1.82, 2.24) is 5.32 Å². The van der Waals surface area contributed by atoms with Gasteiger partial charge in [0.25, 0.3) is 5.91 Å². The maximum Gasteiger partial charge on any atom is 0.333 e. The predicted molar refractivity (Wildman–Crippen MR) is 117 cm³/mol. The molecule has 3 amide bonds. The Hall–Kier alpha value is -3.63. The summed E-state index contributed by atoms with van der Waals surface area (Å²) in [6.45, 7) is 0. The van der Waals surface area contributed by atoms with E-state index in [0.29, 0.717) is 10.7 Å². The molecule has 0 unspecified atom stereocenters. The van der Waals surface area contributed by atoms with Crippen LogP contribution >= 0.6 is 11.6 Å². The molecule has 4 aromatic carbocycles. The standard InChI is InChI=1S/C24H15ClN2O2/c25-17-8-5-9-18(13-17)27-23(28)22(26-24(27)29)14-21-19-10-3-1-6-15(19)12-16-7-2-4-11-20(16)21/h1-14H,(H,26,29)/b22-14+. The Labute approximate surface area is 172 Å². The second-order valence-electron chi connectivity index (χ2n) is 6.84. The molecule has 0 spiro atoms. The lowest BCUT2D eigenvalue weighted by Crippen LogP contribution is -2.30. The zero-order valence-corrected chi connectivity index (χ0v) is 16.0. The number of fused-ring (bicyclic) bond motifs is 2. The monoisotopic (exact) mass is 398 g/mol. The van der Waals surface area contributed by atoms with Gasteiger partial charge < -0.3 is 5.32 Å². The minimum absolute atomic E-state index is 0.233. The number of carbonyl (C=O) groups is 2.